The van der Waals surface area contributed by atoms with E-state index in [4.69, 9.17) is 4.74 Å². The third-order valence-electron chi connectivity index (χ3n) is 8.88. The first kappa shape index (κ1) is 22.4. The Kier molecular flexibility index (Phi) is 4.97. The van der Waals surface area contributed by atoms with E-state index in [-0.39, 0.29) is 28.6 Å². The molecule has 0 amide bonds. The Morgan fingerprint density at radius 3 is 2.58 bits per heavy atom. The van der Waals surface area contributed by atoms with Crippen molar-refractivity contribution in [3.05, 3.63) is 34.9 Å². The number of ketones is 1. The van der Waals surface area contributed by atoms with Crippen LogP contribution < -0.4 is 0 Å². The molecule has 0 aromatic heterocycles. The van der Waals surface area contributed by atoms with Gasteiger partial charge in [-0.05, 0) is 61.5 Å². The van der Waals surface area contributed by atoms with Crippen LogP contribution in [0.15, 0.2) is 34.9 Å². The van der Waals surface area contributed by atoms with Crippen LogP contribution in [0, 0.1) is 34.5 Å². The van der Waals surface area contributed by atoms with Gasteiger partial charge >= 0.3 is 5.97 Å². The van der Waals surface area contributed by atoms with E-state index in [9.17, 15) is 24.9 Å². The van der Waals surface area contributed by atoms with Crippen molar-refractivity contribution in [3.63, 3.8) is 0 Å². The minimum Gasteiger partial charge on any atom is -0.451 e. The van der Waals surface area contributed by atoms with E-state index in [0.717, 1.165) is 6.42 Å². The monoisotopic (exact) mass is 430 g/mol. The number of rotatable bonds is 3. The van der Waals surface area contributed by atoms with Gasteiger partial charge in [-0.25, -0.2) is 4.79 Å². The first-order chi connectivity index (χ1) is 14.4. The number of aliphatic hydroxyl groups excluding tert-OH is 2. The third-order valence-corrected chi connectivity index (χ3v) is 8.88. The highest BCUT2D eigenvalue weighted by atomic mass is 16.6. The molecule has 6 nitrogen and oxygen atoms in total. The molecular weight excluding hydrogens is 396 g/mol. The number of fused-ring (bicyclic) bond motifs is 3. The summed E-state index contributed by atoms with van der Waals surface area (Å²) in [5, 5.41) is 33.7. The van der Waals surface area contributed by atoms with Crippen LogP contribution in [0.1, 0.15) is 48.0 Å². The van der Waals surface area contributed by atoms with Gasteiger partial charge in [0.1, 0.15) is 6.10 Å². The molecule has 0 unspecified atom stereocenters. The molecule has 170 valence electrons. The second-order valence-corrected chi connectivity index (χ2v) is 10.6. The lowest BCUT2D eigenvalue weighted by Gasteiger charge is -2.49. The molecule has 2 bridgehead atoms. The van der Waals surface area contributed by atoms with Crippen LogP contribution in [-0.2, 0) is 14.3 Å². The predicted molar refractivity (Wildman–Crippen MR) is 115 cm³/mol. The van der Waals surface area contributed by atoms with Gasteiger partial charge in [0.25, 0.3) is 0 Å². The Labute approximate surface area is 183 Å². The Bertz CT molecular complexity index is 926. The lowest BCUT2D eigenvalue weighted by Crippen LogP contribution is -2.66. The first-order valence-electron chi connectivity index (χ1n) is 11.2. The highest BCUT2D eigenvalue weighted by Gasteiger charge is 2.76. The van der Waals surface area contributed by atoms with E-state index in [1.54, 1.807) is 39.0 Å². The number of Topliss-reactive ketones (excluding diaryl/α,β-unsaturated/α-hetero) is 1. The van der Waals surface area contributed by atoms with Gasteiger partial charge in [-0.1, -0.05) is 39.0 Å². The van der Waals surface area contributed by atoms with Crippen molar-refractivity contribution in [2.24, 2.45) is 34.5 Å². The molecule has 1 spiro atoms. The fraction of sp³-hybridized carbons (Fsp3) is 0.680. The van der Waals surface area contributed by atoms with Gasteiger partial charge in [0.2, 0.25) is 0 Å². The molecule has 0 radical (unpaired) electrons. The number of carbonyl (C=O) groups excluding carboxylic acids is 2. The average molecular weight is 431 g/mol. The van der Waals surface area contributed by atoms with Crippen LogP contribution in [0.5, 0.6) is 0 Å². The normalized spacial score (nSPS) is 45.6. The van der Waals surface area contributed by atoms with Crippen molar-refractivity contribution in [2.45, 2.75) is 65.8 Å². The van der Waals surface area contributed by atoms with Crippen molar-refractivity contribution in [1.29, 1.82) is 0 Å². The molecule has 31 heavy (non-hydrogen) atoms. The van der Waals surface area contributed by atoms with Crippen LogP contribution in [0.3, 0.4) is 0 Å². The van der Waals surface area contributed by atoms with Crippen LogP contribution in [0.2, 0.25) is 0 Å². The summed E-state index contributed by atoms with van der Waals surface area (Å²) in [5.74, 6) is -1.18. The first-order valence-corrected chi connectivity index (χ1v) is 11.2. The van der Waals surface area contributed by atoms with Crippen molar-refractivity contribution < 1.29 is 29.6 Å². The molecule has 0 aromatic carbocycles. The topological polar surface area (TPSA) is 104 Å². The van der Waals surface area contributed by atoms with Crippen molar-refractivity contribution in [1.82, 2.24) is 0 Å². The molecule has 0 aliphatic heterocycles. The van der Waals surface area contributed by atoms with Crippen LogP contribution in [0.25, 0.3) is 0 Å². The second kappa shape index (κ2) is 6.87. The molecule has 8 atom stereocenters. The number of hydrogen-bond acceptors (Lipinski definition) is 6. The number of carbonyl (C=O) groups is 2. The number of aliphatic hydroxyl groups is 3. The van der Waals surface area contributed by atoms with E-state index in [0.29, 0.717) is 17.1 Å². The van der Waals surface area contributed by atoms with Crippen LogP contribution >= 0.6 is 0 Å². The van der Waals surface area contributed by atoms with Crippen molar-refractivity contribution >= 4 is 11.8 Å². The highest BCUT2D eigenvalue weighted by Crippen LogP contribution is 2.71. The van der Waals surface area contributed by atoms with Crippen LogP contribution in [0.4, 0.5) is 0 Å². The van der Waals surface area contributed by atoms with Gasteiger partial charge in [-0.15, -0.1) is 0 Å². The molecule has 0 saturated heterocycles. The summed E-state index contributed by atoms with van der Waals surface area (Å²) in [5.41, 5.74) is -2.40. The standard InChI is InChI=1S/C25H34O6/c1-7-12(2)22(29)31-21-15(11-26)9-16-18-17(23(18,5)6)8-14(4)24(20(16)28)10-13(3)19(27)25(21,24)30/h7,9-10,14,16-19,21,26-27,30H,8,11H2,1-6H3/b12-7-/t14-,16+,17-,18+,19+,21-,24+,25-/m1/s1. The summed E-state index contributed by atoms with van der Waals surface area (Å²) in [6.07, 6.45) is 3.04. The van der Waals surface area contributed by atoms with E-state index in [2.05, 4.69) is 13.8 Å². The maximum atomic E-state index is 14.2. The highest BCUT2D eigenvalue weighted by molar-refractivity contribution is 5.95. The number of allylic oxidation sites excluding steroid dienone is 2. The number of esters is 1. The Morgan fingerprint density at radius 1 is 1.35 bits per heavy atom. The Hall–Kier alpha value is -1.76. The summed E-state index contributed by atoms with van der Waals surface area (Å²) in [7, 11) is 0. The lowest BCUT2D eigenvalue weighted by atomic mass is 9.59. The maximum Gasteiger partial charge on any atom is 0.334 e. The lowest BCUT2D eigenvalue weighted by molar-refractivity contribution is -0.202. The van der Waals surface area contributed by atoms with E-state index >= 15 is 0 Å². The summed E-state index contributed by atoms with van der Waals surface area (Å²) >= 11 is 0. The quantitative estimate of drug-likeness (QED) is 0.361. The molecule has 0 heterocycles. The molecule has 0 aromatic rings. The van der Waals surface area contributed by atoms with Gasteiger partial charge < -0.3 is 20.1 Å². The Morgan fingerprint density at radius 2 is 2.00 bits per heavy atom. The van der Waals surface area contributed by atoms with Gasteiger partial charge in [-0.3, -0.25) is 4.79 Å². The average Bonchev–Trinajstić information content (AvgIpc) is 3.23. The summed E-state index contributed by atoms with van der Waals surface area (Å²) in [6, 6.07) is 0. The molecule has 3 N–H and O–H groups in total. The predicted octanol–water partition coefficient (Wildman–Crippen LogP) is 2.33. The zero-order chi connectivity index (χ0) is 23.1. The number of ether oxygens (including phenoxy) is 1. The van der Waals surface area contributed by atoms with Crippen LogP contribution in [-0.4, -0.2) is 51.5 Å². The smallest absolute Gasteiger partial charge is 0.334 e. The zero-order valence-electron chi connectivity index (χ0n) is 19.2. The molecule has 4 aliphatic carbocycles. The van der Waals surface area contributed by atoms with Gasteiger partial charge in [-0.2, -0.15) is 0 Å². The van der Waals surface area contributed by atoms with Crippen molar-refractivity contribution in [3.8, 4) is 0 Å². The fourth-order valence-corrected chi connectivity index (χ4v) is 6.89. The van der Waals surface area contributed by atoms with E-state index in [1.165, 1.54) is 0 Å². The minimum atomic E-state index is -2.08. The maximum absolute atomic E-state index is 14.2. The summed E-state index contributed by atoms with van der Waals surface area (Å²) in [4.78, 5) is 26.9. The number of hydrogen-bond donors (Lipinski definition) is 3. The largest absolute Gasteiger partial charge is 0.451 e. The third kappa shape index (κ3) is 2.61. The molecule has 2 saturated carbocycles. The molecule has 2 fully saturated rings. The second-order valence-electron chi connectivity index (χ2n) is 10.6. The van der Waals surface area contributed by atoms with Gasteiger partial charge in [0.15, 0.2) is 17.5 Å². The fourth-order valence-electron chi connectivity index (χ4n) is 6.89. The van der Waals surface area contributed by atoms with E-state index in [1.807, 2.05) is 6.92 Å². The summed E-state index contributed by atoms with van der Waals surface area (Å²) in [6.45, 7) is 10.8. The zero-order valence-corrected chi connectivity index (χ0v) is 19.2. The van der Waals surface area contributed by atoms with E-state index < -0.39 is 41.7 Å². The molecule has 4 rings (SSSR count). The van der Waals surface area contributed by atoms with Crippen molar-refractivity contribution in [2.75, 3.05) is 6.61 Å². The summed E-state index contributed by atoms with van der Waals surface area (Å²) < 4.78 is 5.77. The van der Waals surface area contributed by atoms with Gasteiger partial charge in [0.05, 0.1) is 12.0 Å². The Balaban J connectivity index is 1.96. The minimum absolute atomic E-state index is 0.0284. The molecule has 4 aliphatic rings. The molecule has 6 heteroatoms. The molecular formula is C25H34O6. The SMILES string of the molecule is C/C=C(/C)C(=O)O[C@@H]1C(CO)=C[C@@H]2C(=O)[C@]3(C=C(C)[C@H](O)[C@@]13O)[C@H](C)C[C@@H]1[C@H]2C1(C)C. The van der Waals surface area contributed by atoms with Gasteiger partial charge in [0, 0.05) is 11.5 Å².